The zero-order valence-electron chi connectivity index (χ0n) is 13.5. The first-order valence-electron chi connectivity index (χ1n) is 7.97. The monoisotopic (exact) mass is 330 g/mol. The molecule has 0 spiro atoms. The van der Waals surface area contributed by atoms with Crippen LogP contribution in [0.2, 0.25) is 24.7 Å². The highest BCUT2D eigenvalue weighted by Gasteiger charge is 2.23. The van der Waals surface area contributed by atoms with Crippen LogP contribution in [-0.4, -0.2) is 19.6 Å². The lowest BCUT2D eigenvalue weighted by Gasteiger charge is -2.23. The third-order valence-electron chi connectivity index (χ3n) is 4.04. The summed E-state index contributed by atoms with van der Waals surface area (Å²) in [6.45, 7) is 7.90. The Balaban J connectivity index is 1.82. The van der Waals surface area contributed by atoms with Crippen molar-refractivity contribution in [2.45, 2.75) is 44.9 Å². The van der Waals surface area contributed by atoms with Crippen molar-refractivity contribution in [3.8, 4) is 11.5 Å². The van der Waals surface area contributed by atoms with Crippen molar-refractivity contribution < 1.29 is 0 Å². The molecular formula is C18H23ClN2Si. The molecule has 0 amide bonds. The summed E-state index contributed by atoms with van der Waals surface area (Å²) in [5.74, 6) is 3.38. The quantitative estimate of drug-likeness (QED) is 0.608. The molecule has 1 aromatic heterocycles. The van der Waals surface area contributed by atoms with Gasteiger partial charge >= 0.3 is 0 Å². The maximum absolute atomic E-state index is 6.16. The van der Waals surface area contributed by atoms with Crippen LogP contribution in [-0.2, 0) is 6.42 Å². The number of aromatic nitrogens is 1. The first-order valence-corrected chi connectivity index (χ1v) is 11.9. The summed E-state index contributed by atoms with van der Waals surface area (Å²) in [6.07, 6.45) is 3.08. The van der Waals surface area contributed by atoms with E-state index < -0.39 is 8.07 Å². The summed E-state index contributed by atoms with van der Waals surface area (Å²) in [5.41, 5.74) is 7.41. The molecule has 0 radical (unpaired) electrons. The topological polar surface area (TPSA) is 27.8 Å². The molecular weight excluding hydrogens is 308 g/mol. The van der Waals surface area contributed by atoms with E-state index in [4.69, 9.17) is 11.6 Å². The molecule has 0 saturated carbocycles. The van der Waals surface area contributed by atoms with E-state index in [1.807, 2.05) is 6.07 Å². The molecule has 1 unspecified atom stereocenters. The van der Waals surface area contributed by atoms with E-state index in [1.165, 1.54) is 22.2 Å². The van der Waals surface area contributed by atoms with Crippen molar-refractivity contribution in [3.05, 3.63) is 34.5 Å². The third kappa shape index (κ3) is 3.40. The Labute approximate surface area is 138 Å². The second kappa shape index (κ2) is 6.12. The highest BCUT2D eigenvalue weighted by molar-refractivity contribution is 6.83. The fourth-order valence-corrected chi connectivity index (χ4v) is 3.90. The molecule has 3 rings (SSSR count). The zero-order valence-corrected chi connectivity index (χ0v) is 15.3. The van der Waals surface area contributed by atoms with Gasteiger partial charge in [0.1, 0.15) is 8.07 Å². The van der Waals surface area contributed by atoms with Gasteiger partial charge in [0.15, 0.2) is 0 Å². The van der Waals surface area contributed by atoms with Crippen LogP contribution in [0.5, 0.6) is 0 Å². The van der Waals surface area contributed by atoms with Gasteiger partial charge in [0.05, 0.1) is 0 Å². The molecule has 1 aliphatic heterocycles. The molecule has 2 heterocycles. The van der Waals surface area contributed by atoms with Crippen LogP contribution in [0.1, 0.15) is 30.1 Å². The van der Waals surface area contributed by atoms with Crippen LogP contribution < -0.4 is 5.32 Å². The number of benzene rings is 1. The standard InChI is InChI=1S/C18H23ClN2Si/c1-22(2,3)11-5-4-6-17-18-14(9-10-20-17)15-12-13(19)7-8-16(15)21-18/h7-8,12,17,20-21H,4,6,9-10H2,1-3H3. The largest absolute Gasteiger partial charge is 0.357 e. The summed E-state index contributed by atoms with van der Waals surface area (Å²) in [5, 5.41) is 5.72. The second-order valence-electron chi connectivity index (χ2n) is 7.05. The van der Waals surface area contributed by atoms with Crippen molar-refractivity contribution in [1.29, 1.82) is 0 Å². The molecule has 4 heteroatoms. The number of rotatable bonds is 2. The van der Waals surface area contributed by atoms with Crippen LogP contribution in [0.3, 0.4) is 0 Å². The maximum Gasteiger partial charge on any atom is 0.129 e. The van der Waals surface area contributed by atoms with Gasteiger partial charge in [-0.25, -0.2) is 0 Å². The number of halogens is 1. The van der Waals surface area contributed by atoms with Gasteiger partial charge in [-0.3, -0.25) is 0 Å². The van der Waals surface area contributed by atoms with Crippen LogP contribution in [0.25, 0.3) is 10.9 Å². The lowest BCUT2D eigenvalue weighted by Crippen LogP contribution is -2.29. The minimum Gasteiger partial charge on any atom is -0.357 e. The first-order chi connectivity index (χ1) is 10.4. The summed E-state index contributed by atoms with van der Waals surface area (Å²) in [4.78, 5) is 3.59. The average molecular weight is 331 g/mol. The molecule has 116 valence electrons. The predicted molar refractivity (Wildman–Crippen MR) is 98.1 cm³/mol. The molecule has 2 N–H and O–H groups in total. The van der Waals surface area contributed by atoms with Crippen molar-refractivity contribution in [2.24, 2.45) is 0 Å². The number of aromatic amines is 1. The van der Waals surface area contributed by atoms with Gasteiger partial charge in [-0.1, -0.05) is 31.2 Å². The number of hydrogen-bond donors (Lipinski definition) is 2. The Morgan fingerprint density at radius 1 is 1.32 bits per heavy atom. The lowest BCUT2D eigenvalue weighted by atomic mass is 9.96. The van der Waals surface area contributed by atoms with Crippen molar-refractivity contribution in [2.75, 3.05) is 6.54 Å². The molecule has 2 aromatic rings. The fraction of sp³-hybridized carbons (Fsp3) is 0.444. The van der Waals surface area contributed by atoms with Crippen LogP contribution in [0.4, 0.5) is 0 Å². The predicted octanol–water partition coefficient (Wildman–Crippen LogP) is 4.67. The van der Waals surface area contributed by atoms with Crippen LogP contribution in [0.15, 0.2) is 18.2 Å². The summed E-state index contributed by atoms with van der Waals surface area (Å²) in [7, 11) is -1.25. The minimum atomic E-state index is -1.25. The molecule has 2 nitrogen and oxygen atoms in total. The molecule has 1 aromatic carbocycles. The van der Waals surface area contributed by atoms with E-state index in [2.05, 4.69) is 53.5 Å². The van der Waals surface area contributed by atoms with Gasteiger partial charge in [-0.2, -0.15) is 0 Å². The van der Waals surface area contributed by atoms with Crippen LogP contribution in [0, 0.1) is 11.5 Å². The molecule has 0 fully saturated rings. The number of hydrogen-bond acceptors (Lipinski definition) is 1. The molecule has 22 heavy (non-hydrogen) atoms. The number of H-pyrrole nitrogens is 1. The summed E-state index contributed by atoms with van der Waals surface area (Å²) < 4.78 is 0. The molecule has 0 saturated heterocycles. The van der Waals surface area contributed by atoms with E-state index in [0.717, 1.165) is 30.8 Å². The Morgan fingerprint density at radius 3 is 2.91 bits per heavy atom. The van der Waals surface area contributed by atoms with Gasteiger partial charge in [0, 0.05) is 34.1 Å². The highest BCUT2D eigenvalue weighted by Crippen LogP contribution is 2.33. The summed E-state index contributed by atoms with van der Waals surface area (Å²) in [6, 6.07) is 6.50. The van der Waals surface area contributed by atoms with E-state index >= 15 is 0 Å². The zero-order chi connectivity index (χ0) is 15.7. The van der Waals surface area contributed by atoms with Gasteiger partial charge in [0.25, 0.3) is 0 Å². The van der Waals surface area contributed by atoms with Crippen molar-refractivity contribution >= 4 is 30.6 Å². The van der Waals surface area contributed by atoms with E-state index in [9.17, 15) is 0 Å². The van der Waals surface area contributed by atoms with Crippen molar-refractivity contribution in [1.82, 2.24) is 10.3 Å². The molecule has 1 aliphatic rings. The third-order valence-corrected chi connectivity index (χ3v) is 5.20. The number of fused-ring (bicyclic) bond motifs is 3. The van der Waals surface area contributed by atoms with E-state index in [1.54, 1.807) is 0 Å². The van der Waals surface area contributed by atoms with E-state index in [0.29, 0.717) is 6.04 Å². The number of nitrogens with one attached hydrogen (secondary N) is 2. The highest BCUT2D eigenvalue weighted by atomic mass is 35.5. The van der Waals surface area contributed by atoms with Gasteiger partial charge in [-0.15, -0.1) is 11.5 Å². The Bertz CT molecular complexity index is 746. The maximum atomic E-state index is 6.16. The first kappa shape index (κ1) is 15.7. The van der Waals surface area contributed by atoms with E-state index in [-0.39, 0.29) is 0 Å². The normalized spacial score (nSPS) is 17.9. The van der Waals surface area contributed by atoms with Crippen molar-refractivity contribution in [3.63, 3.8) is 0 Å². The van der Waals surface area contributed by atoms with Gasteiger partial charge in [-0.05, 0) is 43.1 Å². The smallest absolute Gasteiger partial charge is 0.129 e. The fourth-order valence-electron chi connectivity index (χ4n) is 3.07. The lowest BCUT2D eigenvalue weighted by molar-refractivity contribution is 0.474. The Kier molecular flexibility index (Phi) is 4.36. The van der Waals surface area contributed by atoms with Crippen LogP contribution >= 0.6 is 11.6 Å². The summed E-state index contributed by atoms with van der Waals surface area (Å²) >= 11 is 6.16. The molecule has 1 atom stereocenters. The Morgan fingerprint density at radius 2 is 2.14 bits per heavy atom. The van der Waals surface area contributed by atoms with Gasteiger partial charge < -0.3 is 10.3 Å². The second-order valence-corrected chi connectivity index (χ2v) is 12.2. The molecule has 0 aliphatic carbocycles. The minimum absolute atomic E-state index is 0.380. The van der Waals surface area contributed by atoms with Gasteiger partial charge in [0.2, 0.25) is 0 Å². The SMILES string of the molecule is C[Si](C)(C)C#CCCC1NCCc2c1[nH]c1ccc(Cl)cc21. The Hall–Kier alpha value is -1.21. The molecule has 0 bridgehead atoms. The average Bonchev–Trinajstić information content (AvgIpc) is 2.81.